The summed E-state index contributed by atoms with van der Waals surface area (Å²) >= 11 is 0. The molecule has 0 fully saturated rings. The van der Waals surface area contributed by atoms with Gasteiger partial charge in [-0.25, -0.2) is 0 Å². The van der Waals surface area contributed by atoms with Crippen LogP contribution in [0, 0.1) is 5.92 Å². The van der Waals surface area contributed by atoms with Crippen LogP contribution in [-0.2, 0) is 0 Å². The van der Waals surface area contributed by atoms with Gasteiger partial charge in [-0.2, -0.15) is 13.2 Å². The number of hydrogen-bond acceptors (Lipinski definition) is 2. The predicted molar refractivity (Wildman–Crippen MR) is 69.7 cm³/mol. The molecule has 0 rings (SSSR count). The Bertz CT molecular complexity index is 215. The normalized spacial score (nSPS) is 14.8. The van der Waals surface area contributed by atoms with Crippen molar-refractivity contribution in [2.24, 2.45) is 5.92 Å². The van der Waals surface area contributed by atoms with Crippen LogP contribution in [0.25, 0.3) is 0 Å². The van der Waals surface area contributed by atoms with E-state index in [1.165, 1.54) is 4.90 Å². The summed E-state index contributed by atoms with van der Waals surface area (Å²) in [6.45, 7) is 10.6. The molecule has 1 unspecified atom stereocenters. The molecule has 0 aliphatic rings. The summed E-state index contributed by atoms with van der Waals surface area (Å²) < 4.78 is 37.4. The smallest absolute Gasteiger partial charge is 0.316 e. The van der Waals surface area contributed by atoms with E-state index in [2.05, 4.69) is 19.2 Å². The standard InChI is InChI=1S/C13H27F3N2/c1-10(2)8-17-7-6-12(5)18(11(3)4)9-13(14,15)16/h10-12,17H,6-9H2,1-5H3. The summed E-state index contributed by atoms with van der Waals surface area (Å²) in [4.78, 5) is 1.51. The zero-order valence-corrected chi connectivity index (χ0v) is 12.1. The van der Waals surface area contributed by atoms with Crippen molar-refractivity contribution in [2.75, 3.05) is 19.6 Å². The summed E-state index contributed by atoms with van der Waals surface area (Å²) in [5.74, 6) is 0.566. The second-order valence-corrected chi connectivity index (χ2v) is 5.62. The van der Waals surface area contributed by atoms with E-state index in [0.29, 0.717) is 5.92 Å². The van der Waals surface area contributed by atoms with Crippen molar-refractivity contribution in [2.45, 2.75) is 59.3 Å². The van der Waals surface area contributed by atoms with E-state index in [9.17, 15) is 13.2 Å². The van der Waals surface area contributed by atoms with Crippen molar-refractivity contribution in [1.82, 2.24) is 10.2 Å². The molecule has 0 aromatic heterocycles. The van der Waals surface area contributed by atoms with Crippen LogP contribution < -0.4 is 5.32 Å². The van der Waals surface area contributed by atoms with Gasteiger partial charge in [0.1, 0.15) is 0 Å². The highest BCUT2D eigenvalue weighted by Gasteiger charge is 2.33. The molecule has 2 nitrogen and oxygen atoms in total. The minimum Gasteiger partial charge on any atom is -0.316 e. The Morgan fingerprint density at radius 3 is 2.00 bits per heavy atom. The fourth-order valence-electron chi connectivity index (χ4n) is 1.92. The van der Waals surface area contributed by atoms with Gasteiger partial charge in [0.15, 0.2) is 0 Å². The number of rotatable bonds is 8. The van der Waals surface area contributed by atoms with E-state index in [4.69, 9.17) is 0 Å². The van der Waals surface area contributed by atoms with Crippen LogP contribution in [-0.4, -0.2) is 42.8 Å². The molecule has 0 aliphatic heterocycles. The first-order valence-electron chi connectivity index (χ1n) is 6.66. The molecule has 0 aromatic carbocycles. The molecule has 1 N–H and O–H groups in total. The molecule has 0 heterocycles. The van der Waals surface area contributed by atoms with Crippen LogP contribution in [0.1, 0.15) is 41.0 Å². The van der Waals surface area contributed by atoms with Gasteiger partial charge >= 0.3 is 6.18 Å². The number of alkyl halides is 3. The molecule has 0 aromatic rings. The molecule has 0 spiro atoms. The van der Waals surface area contributed by atoms with Crippen molar-refractivity contribution >= 4 is 0 Å². The SMILES string of the molecule is CC(C)CNCCC(C)N(CC(F)(F)F)C(C)C. The first-order chi connectivity index (χ1) is 8.13. The Hall–Kier alpha value is -0.290. The summed E-state index contributed by atoms with van der Waals surface area (Å²) in [6.07, 6.45) is -3.38. The quantitative estimate of drug-likeness (QED) is 0.680. The molecule has 0 saturated heterocycles. The van der Waals surface area contributed by atoms with Crippen molar-refractivity contribution in [3.63, 3.8) is 0 Å². The molecule has 0 aliphatic carbocycles. The highest BCUT2D eigenvalue weighted by molar-refractivity contribution is 4.74. The highest BCUT2D eigenvalue weighted by Crippen LogP contribution is 2.20. The lowest BCUT2D eigenvalue weighted by Crippen LogP contribution is -2.45. The Kier molecular flexibility index (Phi) is 7.87. The summed E-state index contributed by atoms with van der Waals surface area (Å²) in [7, 11) is 0. The van der Waals surface area contributed by atoms with E-state index >= 15 is 0 Å². The maximum atomic E-state index is 12.5. The number of halogens is 3. The molecular formula is C13H27F3N2. The molecular weight excluding hydrogens is 241 g/mol. The van der Waals surface area contributed by atoms with E-state index in [0.717, 1.165) is 19.5 Å². The van der Waals surface area contributed by atoms with Crippen LogP contribution in [0.5, 0.6) is 0 Å². The minimum atomic E-state index is -4.12. The number of nitrogens with zero attached hydrogens (tertiary/aromatic N) is 1. The van der Waals surface area contributed by atoms with E-state index in [1.807, 2.05) is 20.8 Å². The van der Waals surface area contributed by atoms with Gasteiger partial charge in [0.25, 0.3) is 0 Å². The van der Waals surface area contributed by atoms with Gasteiger partial charge in [0.2, 0.25) is 0 Å². The van der Waals surface area contributed by atoms with Crippen LogP contribution in [0.15, 0.2) is 0 Å². The van der Waals surface area contributed by atoms with Gasteiger partial charge in [0, 0.05) is 12.1 Å². The molecule has 5 heteroatoms. The highest BCUT2D eigenvalue weighted by atomic mass is 19.4. The molecule has 0 bridgehead atoms. The zero-order chi connectivity index (χ0) is 14.3. The first-order valence-corrected chi connectivity index (χ1v) is 6.66. The van der Waals surface area contributed by atoms with Crippen molar-refractivity contribution in [1.29, 1.82) is 0 Å². The van der Waals surface area contributed by atoms with E-state index in [1.54, 1.807) is 0 Å². The van der Waals surface area contributed by atoms with Crippen LogP contribution in [0.3, 0.4) is 0 Å². The average Bonchev–Trinajstić information content (AvgIpc) is 2.18. The molecule has 110 valence electrons. The summed E-state index contributed by atoms with van der Waals surface area (Å²) in [6, 6.07) is -0.155. The topological polar surface area (TPSA) is 15.3 Å². The lowest BCUT2D eigenvalue weighted by Gasteiger charge is -2.33. The largest absolute Gasteiger partial charge is 0.401 e. The van der Waals surface area contributed by atoms with Gasteiger partial charge in [-0.05, 0) is 46.2 Å². The number of nitrogens with one attached hydrogen (secondary N) is 1. The molecule has 0 radical (unpaired) electrons. The van der Waals surface area contributed by atoms with Crippen LogP contribution in [0.2, 0.25) is 0 Å². The Morgan fingerprint density at radius 2 is 1.61 bits per heavy atom. The summed E-state index contributed by atoms with van der Waals surface area (Å²) in [5, 5.41) is 3.26. The second kappa shape index (κ2) is 8.00. The predicted octanol–water partition coefficient (Wildman–Crippen LogP) is 3.28. The van der Waals surface area contributed by atoms with Crippen LogP contribution >= 0.6 is 0 Å². The minimum absolute atomic E-state index is 0.0636. The van der Waals surface area contributed by atoms with Gasteiger partial charge in [0.05, 0.1) is 6.54 Å². The molecule has 0 amide bonds. The Balaban J connectivity index is 4.11. The van der Waals surface area contributed by atoms with Crippen molar-refractivity contribution in [3.8, 4) is 0 Å². The average molecular weight is 268 g/mol. The molecule has 1 atom stereocenters. The van der Waals surface area contributed by atoms with Gasteiger partial charge in [-0.1, -0.05) is 13.8 Å². The third kappa shape index (κ3) is 8.75. The lowest BCUT2D eigenvalue weighted by atomic mass is 10.1. The number of hydrogen-bond donors (Lipinski definition) is 1. The van der Waals surface area contributed by atoms with Crippen molar-refractivity contribution < 1.29 is 13.2 Å². The molecule has 18 heavy (non-hydrogen) atoms. The Morgan fingerprint density at radius 1 is 1.06 bits per heavy atom. The third-order valence-corrected chi connectivity index (χ3v) is 2.88. The fraction of sp³-hybridized carbons (Fsp3) is 1.00. The third-order valence-electron chi connectivity index (χ3n) is 2.88. The van der Waals surface area contributed by atoms with E-state index < -0.39 is 12.7 Å². The zero-order valence-electron chi connectivity index (χ0n) is 12.1. The van der Waals surface area contributed by atoms with Gasteiger partial charge < -0.3 is 5.32 Å². The molecule has 0 saturated carbocycles. The fourth-order valence-corrected chi connectivity index (χ4v) is 1.92. The lowest BCUT2D eigenvalue weighted by molar-refractivity contribution is -0.154. The van der Waals surface area contributed by atoms with Crippen LogP contribution in [0.4, 0.5) is 13.2 Å². The summed E-state index contributed by atoms with van der Waals surface area (Å²) in [5.41, 5.74) is 0. The maximum absolute atomic E-state index is 12.5. The Labute approximate surface area is 109 Å². The van der Waals surface area contributed by atoms with Gasteiger partial charge in [-0.15, -0.1) is 0 Å². The van der Waals surface area contributed by atoms with Gasteiger partial charge in [-0.3, -0.25) is 4.90 Å². The maximum Gasteiger partial charge on any atom is 0.401 e. The van der Waals surface area contributed by atoms with Crippen molar-refractivity contribution in [3.05, 3.63) is 0 Å². The first kappa shape index (κ1) is 17.7. The second-order valence-electron chi connectivity index (χ2n) is 5.62. The monoisotopic (exact) mass is 268 g/mol. The van der Waals surface area contributed by atoms with E-state index in [-0.39, 0.29) is 12.1 Å².